The van der Waals surface area contributed by atoms with E-state index in [0.29, 0.717) is 0 Å². The number of amides is 1. The molecule has 0 aliphatic heterocycles. The van der Waals surface area contributed by atoms with E-state index in [2.05, 4.69) is 0 Å². The van der Waals surface area contributed by atoms with Gasteiger partial charge in [-0.05, 0) is 12.8 Å². The fourth-order valence-electron chi connectivity index (χ4n) is 2.16. The lowest BCUT2D eigenvalue weighted by Gasteiger charge is -2.29. The van der Waals surface area contributed by atoms with Crippen LogP contribution in [0.1, 0.15) is 32.1 Å². The van der Waals surface area contributed by atoms with E-state index < -0.39 is 18.6 Å². The first-order valence-electron chi connectivity index (χ1n) is 5.68. The van der Waals surface area contributed by atoms with Gasteiger partial charge in [-0.2, -0.15) is 0 Å². The summed E-state index contributed by atoms with van der Waals surface area (Å²) in [5.74, 6) is -1.37. The van der Waals surface area contributed by atoms with Crippen LogP contribution >= 0.6 is 0 Å². The van der Waals surface area contributed by atoms with Gasteiger partial charge in [0.25, 0.3) is 0 Å². The van der Waals surface area contributed by atoms with Crippen molar-refractivity contribution in [3.05, 3.63) is 0 Å². The number of aliphatic carboxylic acids is 1. The van der Waals surface area contributed by atoms with Crippen molar-refractivity contribution in [3.63, 3.8) is 0 Å². The fraction of sp³-hybridized carbons (Fsp3) is 0.818. The third kappa shape index (κ3) is 2.95. The lowest BCUT2D eigenvalue weighted by Crippen LogP contribution is -2.47. The molecule has 5 heteroatoms. The second-order valence-electron chi connectivity index (χ2n) is 4.32. The number of nitrogens with zero attached hydrogens (tertiary/aromatic N) is 1. The normalized spacial score (nSPS) is 19.1. The minimum atomic E-state index is -1.16. The van der Waals surface area contributed by atoms with Crippen molar-refractivity contribution in [1.29, 1.82) is 0 Å². The zero-order valence-corrected chi connectivity index (χ0v) is 9.56. The van der Waals surface area contributed by atoms with Gasteiger partial charge in [-0.15, -0.1) is 0 Å². The highest BCUT2D eigenvalue weighted by Gasteiger charge is 2.31. The number of hydrogen-bond donors (Lipinski definition) is 2. The summed E-state index contributed by atoms with van der Waals surface area (Å²) in [5, 5.41) is 17.8. The molecule has 0 radical (unpaired) electrons. The number of likely N-dealkylation sites (N-methyl/N-ethyl adjacent to an activating group) is 1. The average Bonchev–Trinajstić information content (AvgIpc) is 2.29. The number of hydrogen-bond acceptors (Lipinski definition) is 3. The molecule has 2 N–H and O–H groups in total. The third-order valence-electron chi connectivity index (χ3n) is 3.23. The summed E-state index contributed by atoms with van der Waals surface area (Å²) in [7, 11) is 1.45. The predicted octanol–water partition coefficient (Wildman–Crippen LogP) is 0.471. The summed E-state index contributed by atoms with van der Waals surface area (Å²) >= 11 is 0. The lowest BCUT2D eigenvalue weighted by atomic mass is 9.88. The maximum Gasteiger partial charge on any atom is 0.328 e. The van der Waals surface area contributed by atoms with E-state index >= 15 is 0 Å². The number of aliphatic hydroxyl groups is 1. The van der Waals surface area contributed by atoms with Gasteiger partial charge >= 0.3 is 5.97 Å². The minimum absolute atomic E-state index is 0.0628. The zero-order chi connectivity index (χ0) is 12.1. The molecule has 1 rings (SSSR count). The molecule has 1 amide bonds. The molecule has 0 aromatic carbocycles. The Balaban J connectivity index is 2.60. The first-order valence-corrected chi connectivity index (χ1v) is 5.68. The Labute approximate surface area is 95.1 Å². The van der Waals surface area contributed by atoms with E-state index in [9.17, 15) is 9.59 Å². The highest BCUT2D eigenvalue weighted by Crippen LogP contribution is 2.25. The van der Waals surface area contributed by atoms with Crippen LogP contribution in [0.25, 0.3) is 0 Å². The average molecular weight is 229 g/mol. The summed E-state index contributed by atoms with van der Waals surface area (Å²) in [6.07, 6.45) is 4.87. The molecule has 1 saturated carbocycles. The molecule has 1 fully saturated rings. The van der Waals surface area contributed by atoms with Gasteiger partial charge in [0.1, 0.15) is 0 Å². The number of rotatable bonds is 4. The molecule has 1 aliphatic carbocycles. The van der Waals surface area contributed by atoms with Crippen LogP contribution < -0.4 is 0 Å². The standard InChI is InChI=1S/C11H19NO4/c1-12(9(7-13)11(15)16)10(14)8-5-3-2-4-6-8/h8-9,13H,2-7H2,1H3,(H,15,16). The number of carbonyl (C=O) groups excluding carboxylic acids is 1. The summed E-state index contributed by atoms with van der Waals surface area (Å²) in [6, 6.07) is -1.12. The van der Waals surface area contributed by atoms with Crippen molar-refractivity contribution >= 4 is 11.9 Å². The van der Waals surface area contributed by atoms with Crippen molar-refractivity contribution in [2.75, 3.05) is 13.7 Å². The van der Waals surface area contributed by atoms with Gasteiger partial charge in [-0.25, -0.2) is 4.79 Å². The first-order chi connectivity index (χ1) is 7.57. The largest absolute Gasteiger partial charge is 0.480 e. The molecule has 0 heterocycles. The number of aliphatic hydroxyl groups excluding tert-OH is 1. The predicted molar refractivity (Wildman–Crippen MR) is 57.9 cm³/mol. The third-order valence-corrected chi connectivity index (χ3v) is 3.23. The van der Waals surface area contributed by atoms with Crippen LogP contribution in [0, 0.1) is 5.92 Å². The highest BCUT2D eigenvalue weighted by molar-refractivity contribution is 5.85. The molecule has 0 aromatic heterocycles. The van der Waals surface area contributed by atoms with Crippen molar-refractivity contribution in [2.45, 2.75) is 38.1 Å². The smallest absolute Gasteiger partial charge is 0.328 e. The van der Waals surface area contributed by atoms with E-state index in [4.69, 9.17) is 10.2 Å². The minimum Gasteiger partial charge on any atom is -0.480 e. The van der Waals surface area contributed by atoms with Crippen LogP contribution in [-0.4, -0.2) is 46.7 Å². The maximum atomic E-state index is 12.0. The van der Waals surface area contributed by atoms with Gasteiger partial charge in [0.15, 0.2) is 6.04 Å². The molecule has 1 unspecified atom stereocenters. The van der Waals surface area contributed by atoms with Crippen molar-refractivity contribution in [1.82, 2.24) is 4.90 Å². The summed E-state index contributed by atoms with van der Waals surface area (Å²) in [6.45, 7) is -0.537. The van der Waals surface area contributed by atoms with Crippen LogP contribution in [0.5, 0.6) is 0 Å². The van der Waals surface area contributed by atoms with Crippen molar-refractivity contribution < 1.29 is 19.8 Å². The lowest BCUT2D eigenvalue weighted by molar-refractivity contribution is -0.152. The molecule has 1 aliphatic rings. The molecular weight excluding hydrogens is 210 g/mol. The van der Waals surface area contributed by atoms with Gasteiger partial charge in [0.2, 0.25) is 5.91 Å². The van der Waals surface area contributed by atoms with E-state index in [1.165, 1.54) is 11.9 Å². The van der Waals surface area contributed by atoms with E-state index in [-0.39, 0.29) is 11.8 Å². The molecule has 16 heavy (non-hydrogen) atoms. The van der Waals surface area contributed by atoms with E-state index in [0.717, 1.165) is 32.1 Å². The Morgan fingerprint density at radius 3 is 2.31 bits per heavy atom. The Morgan fingerprint density at radius 1 is 1.31 bits per heavy atom. The van der Waals surface area contributed by atoms with Crippen LogP contribution in [0.2, 0.25) is 0 Å². The quantitative estimate of drug-likeness (QED) is 0.734. The van der Waals surface area contributed by atoms with Crippen LogP contribution in [0.3, 0.4) is 0 Å². The van der Waals surface area contributed by atoms with Crippen LogP contribution in [0.15, 0.2) is 0 Å². The Hall–Kier alpha value is -1.10. The van der Waals surface area contributed by atoms with Gasteiger partial charge in [0, 0.05) is 13.0 Å². The molecule has 92 valence electrons. The van der Waals surface area contributed by atoms with Gasteiger partial charge in [-0.1, -0.05) is 19.3 Å². The number of carboxylic acids is 1. The Bertz CT molecular complexity index is 261. The molecule has 0 saturated heterocycles. The fourth-order valence-corrected chi connectivity index (χ4v) is 2.16. The zero-order valence-electron chi connectivity index (χ0n) is 9.56. The summed E-state index contributed by atoms with van der Waals surface area (Å²) in [4.78, 5) is 23.9. The topological polar surface area (TPSA) is 77.8 Å². The Morgan fingerprint density at radius 2 is 1.88 bits per heavy atom. The molecule has 1 atom stereocenters. The SMILES string of the molecule is CN(C(=O)C1CCCCC1)C(CO)C(=O)O. The molecular formula is C11H19NO4. The second-order valence-corrected chi connectivity index (χ2v) is 4.32. The van der Waals surface area contributed by atoms with Gasteiger partial charge in [0.05, 0.1) is 6.61 Å². The Kier molecular flexibility index (Phi) is 4.73. The molecule has 0 aromatic rings. The second kappa shape index (κ2) is 5.84. The summed E-state index contributed by atoms with van der Waals surface area (Å²) in [5.41, 5.74) is 0. The first kappa shape index (κ1) is 13.0. The van der Waals surface area contributed by atoms with Gasteiger partial charge in [-0.3, -0.25) is 4.79 Å². The highest BCUT2D eigenvalue weighted by atomic mass is 16.4. The molecule has 0 spiro atoms. The van der Waals surface area contributed by atoms with Crippen molar-refractivity contribution in [2.24, 2.45) is 5.92 Å². The van der Waals surface area contributed by atoms with Crippen LogP contribution in [0.4, 0.5) is 0 Å². The number of carbonyl (C=O) groups is 2. The summed E-state index contributed by atoms with van der Waals surface area (Å²) < 4.78 is 0. The molecule has 0 bridgehead atoms. The van der Waals surface area contributed by atoms with E-state index in [1.54, 1.807) is 0 Å². The van der Waals surface area contributed by atoms with E-state index in [1.807, 2.05) is 0 Å². The van der Waals surface area contributed by atoms with Crippen LogP contribution in [-0.2, 0) is 9.59 Å². The monoisotopic (exact) mass is 229 g/mol. The van der Waals surface area contributed by atoms with Crippen molar-refractivity contribution in [3.8, 4) is 0 Å². The maximum absolute atomic E-state index is 12.0. The van der Waals surface area contributed by atoms with Gasteiger partial charge < -0.3 is 15.1 Å². The number of carboxylic acid groups (broad SMARTS) is 1. The molecule has 5 nitrogen and oxygen atoms in total.